The third-order valence-corrected chi connectivity index (χ3v) is 2.76. The SMILES string of the molecule is CCc1ccc(CC(=O)OC)c(CN)c1C#N. The van der Waals surface area contributed by atoms with Crippen LogP contribution >= 0.6 is 0 Å². The number of hydrogen-bond donors (Lipinski definition) is 1. The Bertz CT molecular complexity index is 461. The smallest absolute Gasteiger partial charge is 0.309 e. The molecule has 1 rings (SSSR count). The number of carbonyl (C=O) groups is 1. The Morgan fingerprint density at radius 3 is 2.59 bits per heavy atom. The van der Waals surface area contributed by atoms with Crippen molar-refractivity contribution in [1.29, 1.82) is 5.26 Å². The second-order valence-electron chi connectivity index (χ2n) is 3.66. The number of methoxy groups -OCH3 is 1. The summed E-state index contributed by atoms with van der Waals surface area (Å²) in [5, 5.41) is 9.16. The Morgan fingerprint density at radius 2 is 2.12 bits per heavy atom. The lowest BCUT2D eigenvalue weighted by Crippen LogP contribution is -2.12. The van der Waals surface area contributed by atoms with E-state index < -0.39 is 0 Å². The van der Waals surface area contributed by atoms with E-state index in [2.05, 4.69) is 10.8 Å². The number of nitrogens with zero attached hydrogens (tertiary/aromatic N) is 1. The molecule has 1 aromatic carbocycles. The van der Waals surface area contributed by atoms with Gasteiger partial charge in [-0.2, -0.15) is 5.26 Å². The second kappa shape index (κ2) is 6.02. The molecule has 0 saturated carbocycles. The zero-order chi connectivity index (χ0) is 12.8. The summed E-state index contributed by atoms with van der Waals surface area (Å²) < 4.78 is 4.62. The number of rotatable bonds is 4. The van der Waals surface area contributed by atoms with Crippen LogP contribution in [0.5, 0.6) is 0 Å². The van der Waals surface area contributed by atoms with Crippen molar-refractivity contribution in [1.82, 2.24) is 0 Å². The molecule has 90 valence electrons. The zero-order valence-corrected chi connectivity index (χ0v) is 10.1. The minimum Gasteiger partial charge on any atom is -0.469 e. The number of benzene rings is 1. The first-order valence-corrected chi connectivity index (χ1v) is 5.48. The number of aryl methyl sites for hydroxylation is 1. The van der Waals surface area contributed by atoms with Gasteiger partial charge in [-0.25, -0.2) is 0 Å². The first kappa shape index (κ1) is 13.2. The van der Waals surface area contributed by atoms with Crippen LogP contribution in [0, 0.1) is 11.3 Å². The van der Waals surface area contributed by atoms with Gasteiger partial charge in [0, 0.05) is 6.54 Å². The molecule has 0 aliphatic carbocycles. The molecule has 4 heteroatoms. The molecule has 0 bridgehead atoms. The number of ether oxygens (including phenoxy) is 1. The second-order valence-corrected chi connectivity index (χ2v) is 3.66. The Hall–Kier alpha value is -1.86. The molecule has 0 radical (unpaired) electrons. The largest absolute Gasteiger partial charge is 0.469 e. The van der Waals surface area contributed by atoms with Crippen LogP contribution in [0.2, 0.25) is 0 Å². The molecule has 0 aliphatic heterocycles. The summed E-state index contributed by atoms with van der Waals surface area (Å²) in [4.78, 5) is 11.3. The molecule has 0 aromatic heterocycles. The standard InChI is InChI=1S/C13H16N2O2/c1-3-9-4-5-10(6-13(16)17-2)12(8-15)11(9)7-14/h4-5H,3,6,8,15H2,1-2H3. The lowest BCUT2D eigenvalue weighted by molar-refractivity contribution is -0.139. The van der Waals surface area contributed by atoms with Crippen LogP contribution < -0.4 is 5.73 Å². The predicted molar refractivity (Wildman–Crippen MR) is 64.1 cm³/mol. The summed E-state index contributed by atoms with van der Waals surface area (Å²) >= 11 is 0. The van der Waals surface area contributed by atoms with Crippen LogP contribution in [0.1, 0.15) is 29.2 Å². The van der Waals surface area contributed by atoms with Crippen molar-refractivity contribution in [3.8, 4) is 6.07 Å². The maximum absolute atomic E-state index is 11.3. The molecule has 0 heterocycles. The van der Waals surface area contributed by atoms with Crippen LogP contribution in [0.15, 0.2) is 12.1 Å². The maximum atomic E-state index is 11.3. The van der Waals surface area contributed by atoms with Crippen molar-refractivity contribution in [3.63, 3.8) is 0 Å². The van der Waals surface area contributed by atoms with Gasteiger partial charge in [-0.05, 0) is 23.1 Å². The fraction of sp³-hybridized carbons (Fsp3) is 0.385. The summed E-state index contributed by atoms with van der Waals surface area (Å²) in [6.07, 6.45) is 0.927. The normalized spacial score (nSPS) is 9.76. The highest BCUT2D eigenvalue weighted by Crippen LogP contribution is 2.20. The van der Waals surface area contributed by atoms with Gasteiger partial charge >= 0.3 is 5.97 Å². The number of hydrogen-bond acceptors (Lipinski definition) is 4. The average molecular weight is 232 g/mol. The molecule has 17 heavy (non-hydrogen) atoms. The molecule has 2 N–H and O–H groups in total. The molecule has 0 amide bonds. The van der Waals surface area contributed by atoms with Crippen LogP contribution in [-0.4, -0.2) is 13.1 Å². The van der Waals surface area contributed by atoms with Crippen LogP contribution in [0.25, 0.3) is 0 Å². The van der Waals surface area contributed by atoms with E-state index >= 15 is 0 Å². The molecule has 0 atom stereocenters. The van der Waals surface area contributed by atoms with Crippen molar-refractivity contribution in [2.75, 3.05) is 7.11 Å². The molecule has 0 saturated heterocycles. The lowest BCUT2D eigenvalue weighted by Gasteiger charge is -2.12. The summed E-state index contributed by atoms with van der Waals surface area (Å²) in [7, 11) is 1.34. The zero-order valence-electron chi connectivity index (χ0n) is 10.1. The number of esters is 1. The highest BCUT2D eigenvalue weighted by atomic mass is 16.5. The first-order chi connectivity index (χ1) is 8.17. The van der Waals surface area contributed by atoms with E-state index in [-0.39, 0.29) is 18.9 Å². The van der Waals surface area contributed by atoms with Crippen LogP contribution in [0.3, 0.4) is 0 Å². The number of nitrogens with two attached hydrogens (primary N) is 1. The Morgan fingerprint density at radius 1 is 1.47 bits per heavy atom. The third kappa shape index (κ3) is 2.83. The maximum Gasteiger partial charge on any atom is 0.309 e. The summed E-state index contributed by atoms with van der Waals surface area (Å²) in [5.41, 5.74) is 8.74. The molecule has 1 aromatic rings. The van der Waals surface area contributed by atoms with Crippen molar-refractivity contribution in [3.05, 3.63) is 34.4 Å². The van der Waals surface area contributed by atoms with Crippen molar-refractivity contribution in [2.24, 2.45) is 5.73 Å². The van der Waals surface area contributed by atoms with Gasteiger partial charge in [0.2, 0.25) is 0 Å². The van der Waals surface area contributed by atoms with E-state index in [4.69, 9.17) is 11.0 Å². The van der Waals surface area contributed by atoms with E-state index in [1.54, 1.807) is 0 Å². The van der Waals surface area contributed by atoms with Crippen molar-refractivity contribution >= 4 is 5.97 Å². The topological polar surface area (TPSA) is 76.1 Å². The summed E-state index contributed by atoms with van der Waals surface area (Å²) in [6, 6.07) is 5.88. The van der Waals surface area contributed by atoms with Crippen LogP contribution in [-0.2, 0) is 28.9 Å². The quantitative estimate of drug-likeness (QED) is 0.794. The highest BCUT2D eigenvalue weighted by Gasteiger charge is 2.13. The van der Waals surface area contributed by atoms with E-state index in [0.29, 0.717) is 5.56 Å². The van der Waals surface area contributed by atoms with Crippen LogP contribution in [0.4, 0.5) is 0 Å². The van der Waals surface area contributed by atoms with Gasteiger partial charge in [-0.3, -0.25) is 4.79 Å². The summed E-state index contributed by atoms with van der Waals surface area (Å²) in [6.45, 7) is 2.24. The van der Waals surface area contributed by atoms with Gasteiger partial charge in [0.1, 0.15) is 0 Å². The van der Waals surface area contributed by atoms with E-state index in [9.17, 15) is 4.79 Å². The van der Waals surface area contributed by atoms with Gasteiger partial charge in [0.25, 0.3) is 0 Å². The van der Waals surface area contributed by atoms with E-state index in [0.717, 1.165) is 23.1 Å². The van der Waals surface area contributed by atoms with Gasteiger partial charge in [0.15, 0.2) is 0 Å². The minimum absolute atomic E-state index is 0.154. The summed E-state index contributed by atoms with van der Waals surface area (Å²) in [5.74, 6) is -0.326. The first-order valence-electron chi connectivity index (χ1n) is 5.48. The van der Waals surface area contributed by atoms with Gasteiger partial charge in [-0.15, -0.1) is 0 Å². The fourth-order valence-electron chi connectivity index (χ4n) is 1.80. The molecule has 0 fully saturated rings. The number of nitriles is 1. The Labute approximate surface area is 101 Å². The monoisotopic (exact) mass is 232 g/mol. The van der Waals surface area contributed by atoms with Gasteiger partial charge in [-0.1, -0.05) is 19.1 Å². The van der Waals surface area contributed by atoms with Gasteiger partial charge in [0.05, 0.1) is 25.2 Å². The van der Waals surface area contributed by atoms with Crippen molar-refractivity contribution < 1.29 is 9.53 Å². The van der Waals surface area contributed by atoms with Gasteiger partial charge < -0.3 is 10.5 Å². The minimum atomic E-state index is -0.326. The average Bonchev–Trinajstić information content (AvgIpc) is 2.37. The molecule has 0 spiro atoms. The Balaban J connectivity index is 3.24. The molecule has 0 aliphatic rings. The third-order valence-electron chi connectivity index (χ3n) is 2.76. The number of carbonyl (C=O) groups excluding carboxylic acids is 1. The van der Waals surface area contributed by atoms with E-state index in [1.165, 1.54) is 7.11 Å². The molecular weight excluding hydrogens is 216 g/mol. The van der Waals surface area contributed by atoms with Crippen molar-refractivity contribution in [2.45, 2.75) is 26.3 Å². The molecule has 4 nitrogen and oxygen atoms in total. The molecule has 0 unspecified atom stereocenters. The Kier molecular flexibility index (Phi) is 4.68. The lowest BCUT2D eigenvalue weighted by atomic mass is 9.94. The van der Waals surface area contributed by atoms with E-state index in [1.807, 2.05) is 19.1 Å². The fourth-order valence-corrected chi connectivity index (χ4v) is 1.80. The predicted octanol–water partition coefficient (Wildman–Crippen LogP) is 1.29. The molecular formula is C13H16N2O2. The highest BCUT2D eigenvalue weighted by molar-refractivity contribution is 5.73.